The summed E-state index contributed by atoms with van der Waals surface area (Å²) < 4.78 is 0. The van der Waals surface area contributed by atoms with E-state index < -0.39 is 0 Å². The van der Waals surface area contributed by atoms with Crippen LogP contribution in [0, 0.1) is 5.92 Å². The van der Waals surface area contributed by atoms with E-state index in [0.29, 0.717) is 6.04 Å². The molecule has 0 saturated heterocycles. The fourth-order valence-electron chi connectivity index (χ4n) is 1.32. The zero-order valence-electron chi connectivity index (χ0n) is 9.25. The minimum absolute atomic E-state index is 0.572. The Kier molecular flexibility index (Phi) is 4.59. The molecule has 0 aliphatic heterocycles. The van der Waals surface area contributed by atoms with Crippen molar-refractivity contribution in [2.45, 2.75) is 39.7 Å². The Morgan fingerprint density at radius 1 is 1.50 bits per heavy atom. The highest BCUT2D eigenvalue weighted by Crippen LogP contribution is 2.06. The Morgan fingerprint density at radius 2 is 2.29 bits per heavy atom. The van der Waals surface area contributed by atoms with Crippen molar-refractivity contribution in [3.8, 4) is 0 Å². The van der Waals surface area contributed by atoms with Crippen LogP contribution in [0.5, 0.6) is 0 Å². The van der Waals surface area contributed by atoms with Crippen LogP contribution in [0.15, 0.2) is 6.33 Å². The van der Waals surface area contributed by atoms with E-state index in [4.69, 9.17) is 0 Å². The summed E-state index contributed by atoms with van der Waals surface area (Å²) in [6.45, 7) is 7.68. The molecule has 14 heavy (non-hydrogen) atoms. The van der Waals surface area contributed by atoms with Gasteiger partial charge in [0.1, 0.15) is 12.2 Å². The second-order valence-corrected chi connectivity index (χ2v) is 3.81. The normalized spacial score (nSPS) is 15.4. The van der Waals surface area contributed by atoms with Crippen LogP contribution in [0.2, 0.25) is 0 Å². The maximum atomic E-state index is 4.07. The van der Waals surface area contributed by atoms with E-state index in [2.05, 4.69) is 41.3 Å². The van der Waals surface area contributed by atoms with Gasteiger partial charge in [-0.05, 0) is 12.8 Å². The van der Waals surface area contributed by atoms with Gasteiger partial charge in [-0.2, -0.15) is 5.10 Å². The monoisotopic (exact) mass is 196 g/mol. The first-order valence-corrected chi connectivity index (χ1v) is 5.31. The molecule has 2 N–H and O–H groups in total. The molecule has 2 atom stereocenters. The number of rotatable bonds is 6. The second kappa shape index (κ2) is 5.75. The van der Waals surface area contributed by atoms with Crippen molar-refractivity contribution < 1.29 is 0 Å². The van der Waals surface area contributed by atoms with Gasteiger partial charge in [-0.15, -0.1) is 0 Å². The summed E-state index contributed by atoms with van der Waals surface area (Å²) >= 11 is 0. The quantitative estimate of drug-likeness (QED) is 0.722. The van der Waals surface area contributed by atoms with Crippen LogP contribution >= 0.6 is 0 Å². The minimum atomic E-state index is 0.572. The summed E-state index contributed by atoms with van der Waals surface area (Å²) in [6.07, 6.45) is 3.69. The van der Waals surface area contributed by atoms with Gasteiger partial charge in [0.15, 0.2) is 0 Å². The summed E-state index contributed by atoms with van der Waals surface area (Å²) in [5.74, 6) is 1.68. The van der Waals surface area contributed by atoms with E-state index in [1.807, 2.05) is 0 Å². The Bertz CT molecular complexity index is 232. The molecule has 1 rings (SSSR count). The van der Waals surface area contributed by atoms with Crippen molar-refractivity contribution >= 4 is 0 Å². The van der Waals surface area contributed by atoms with Gasteiger partial charge in [0.25, 0.3) is 0 Å². The van der Waals surface area contributed by atoms with Crippen LogP contribution < -0.4 is 5.32 Å². The molecule has 0 radical (unpaired) electrons. The van der Waals surface area contributed by atoms with Crippen molar-refractivity contribution in [1.29, 1.82) is 0 Å². The van der Waals surface area contributed by atoms with E-state index in [9.17, 15) is 0 Å². The zero-order valence-corrected chi connectivity index (χ0v) is 9.25. The fourth-order valence-corrected chi connectivity index (χ4v) is 1.32. The molecule has 0 bridgehead atoms. The lowest BCUT2D eigenvalue weighted by molar-refractivity contribution is 0.392. The van der Waals surface area contributed by atoms with Crippen LogP contribution in [0.4, 0.5) is 0 Å². The van der Waals surface area contributed by atoms with Crippen molar-refractivity contribution in [2.24, 2.45) is 5.92 Å². The highest BCUT2D eigenvalue weighted by Gasteiger charge is 2.08. The molecule has 0 aliphatic rings. The minimum Gasteiger partial charge on any atom is -0.314 e. The smallest absolute Gasteiger partial charge is 0.137 e. The Morgan fingerprint density at radius 3 is 2.86 bits per heavy atom. The van der Waals surface area contributed by atoms with Gasteiger partial charge in [-0.3, -0.25) is 5.10 Å². The van der Waals surface area contributed by atoms with Crippen molar-refractivity contribution in [2.75, 3.05) is 6.54 Å². The summed E-state index contributed by atoms with van der Waals surface area (Å²) in [7, 11) is 0. The van der Waals surface area contributed by atoms with Gasteiger partial charge in [0.05, 0.1) is 0 Å². The molecule has 1 heterocycles. The predicted molar refractivity (Wildman–Crippen MR) is 57.0 cm³/mol. The summed E-state index contributed by atoms with van der Waals surface area (Å²) in [4.78, 5) is 4.07. The highest BCUT2D eigenvalue weighted by atomic mass is 15.2. The zero-order chi connectivity index (χ0) is 10.4. The van der Waals surface area contributed by atoms with E-state index in [0.717, 1.165) is 24.7 Å². The summed E-state index contributed by atoms with van der Waals surface area (Å²) in [5.41, 5.74) is 0. The molecule has 1 aromatic rings. The average Bonchev–Trinajstić information content (AvgIpc) is 2.69. The summed E-state index contributed by atoms with van der Waals surface area (Å²) in [6, 6.07) is 0.572. The molecule has 4 nitrogen and oxygen atoms in total. The Labute approximate surface area is 85.5 Å². The van der Waals surface area contributed by atoms with Crippen LogP contribution in [0.25, 0.3) is 0 Å². The second-order valence-electron chi connectivity index (χ2n) is 3.81. The Hall–Kier alpha value is -0.900. The molecule has 0 aromatic carbocycles. The number of aromatic amines is 1. The number of hydrogen-bond donors (Lipinski definition) is 2. The molecule has 0 aliphatic carbocycles. The lowest BCUT2D eigenvalue weighted by Crippen LogP contribution is -2.33. The van der Waals surface area contributed by atoms with Gasteiger partial charge in [-0.1, -0.05) is 20.3 Å². The number of hydrogen-bond acceptors (Lipinski definition) is 3. The molecular weight excluding hydrogens is 176 g/mol. The van der Waals surface area contributed by atoms with Crippen LogP contribution in [-0.2, 0) is 6.42 Å². The van der Waals surface area contributed by atoms with Crippen molar-refractivity contribution in [3.05, 3.63) is 12.2 Å². The van der Waals surface area contributed by atoms with E-state index >= 15 is 0 Å². The lowest BCUT2D eigenvalue weighted by Gasteiger charge is -2.19. The molecule has 0 fully saturated rings. The Balaban J connectivity index is 2.15. The first kappa shape index (κ1) is 11.2. The fraction of sp³-hybridized carbons (Fsp3) is 0.800. The number of nitrogens with zero attached hydrogens (tertiary/aromatic N) is 2. The average molecular weight is 196 g/mol. The van der Waals surface area contributed by atoms with E-state index in [-0.39, 0.29) is 0 Å². The molecule has 1 aromatic heterocycles. The van der Waals surface area contributed by atoms with E-state index in [1.165, 1.54) is 6.42 Å². The molecule has 0 spiro atoms. The van der Waals surface area contributed by atoms with Crippen LogP contribution in [0.3, 0.4) is 0 Å². The third-order valence-corrected chi connectivity index (χ3v) is 2.79. The molecule has 4 heteroatoms. The third kappa shape index (κ3) is 3.46. The molecular formula is C10H20N4. The topological polar surface area (TPSA) is 53.6 Å². The first-order chi connectivity index (χ1) is 6.74. The maximum absolute atomic E-state index is 4.07. The van der Waals surface area contributed by atoms with Gasteiger partial charge in [0.2, 0.25) is 0 Å². The highest BCUT2D eigenvalue weighted by molar-refractivity contribution is 4.81. The van der Waals surface area contributed by atoms with Gasteiger partial charge >= 0.3 is 0 Å². The van der Waals surface area contributed by atoms with Crippen molar-refractivity contribution in [1.82, 2.24) is 20.5 Å². The number of nitrogens with one attached hydrogen (secondary N) is 2. The predicted octanol–water partition coefficient (Wildman–Crippen LogP) is 1.37. The van der Waals surface area contributed by atoms with Crippen LogP contribution in [0.1, 0.15) is 33.0 Å². The molecule has 0 amide bonds. The number of H-pyrrole nitrogens is 1. The first-order valence-electron chi connectivity index (χ1n) is 5.31. The molecule has 2 unspecified atom stereocenters. The van der Waals surface area contributed by atoms with Gasteiger partial charge < -0.3 is 5.32 Å². The molecule has 0 saturated carbocycles. The van der Waals surface area contributed by atoms with E-state index in [1.54, 1.807) is 6.33 Å². The SMILES string of the molecule is CCC(C)C(C)NCCc1ncn[nH]1. The molecule has 80 valence electrons. The van der Waals surface area contributed by atoms with Gasteiger partial charge in [-0.25, -0.2) is 4.98 Å². The largest absolute Gasteiger partial charge is 0.314 e. The summed E-state index contributed by atoms with van der Waals surface area (Å²) in [5, 5.41) is 10.1. The van der Waals surface area contributed by atoms with Crippen molar-refractivity contribution in [3.63, 3.8) is 0 Å². The van der Waals surface area contributed by atoms with Crippen LogP contribution in [-0.4, -0.2) is 27.8 Å². The third-order valence-electron chi connectivity index (χ3n) is 2.79. The maximum Gasteiger partial charge on any atom is 0.137 e. The standard InChI is InChI=1S/C10H20N4/c1-4-8(2)9(3)11-6-5-10-12-7-13-14-10/h7-9,11H,4-6H2,1-3H3,(H,12,13,14). The number of aromatic nitrogens is 3. The van der Waals surface area contributed by atoms with Gasteiger partial charge in [0, 0.05) is 19.0 Å². The lowest BCUT2D eigenvalue weighted by atomic mass is 10.0.